The third-order valence-electron chi connectivity index (χ3n) is 3.22. The number of carbonyl (C=O) groups is 2. The molecule has 0 atom stereocenters. The predicted octanol–water partition coefficient (Wildman–Crippen LogP) is 2.59. The molecule has 1 aromatic carbocycles. The quantitative estimate of drug-likeness (QED) is 0.934. The molecule has 114 valence electrons. The van der Waals surface area contributed by atoms with Gasteiger partial charge in [0.2, 0.25) is 11.8 Å². The lowest BCUT2D eigenvalue weighted by Crippen LogP contribution is -2.34. The van der Waals surface area contributed by atoms with Crippen LogP contribution in [0.1, 0.15) is 5.01 Å². The molecule has 0 aliphatic carbocycles. The van der Waals surface area contributed by atoms with Gasteiger partial charge in [-0.1, -0.05) is 12.1 Å². The molecule has 0 radical (unpaired) electrons. The molecule has 2 amide bonds. The lowest BCUT2D eigenvalue weighted by Gasteiger charge is -2.14. The summed E-state index contributed by atoms with van der Waals surface area (Å²) in [6.45, 7) is 2.07. The van der Waals surface area contributed by atoms with Crippen LogP contribution in [0.15, 0.2) is 29.6 Å². The van der Waals surface area contributed by atoms with Crippen LogP contribution in [0.2, 0.25) is 0 Å². The van der Waals surface area contributed by atoms with Gasteiger partial charge in [0.1, 0.15) is 6.54 Å². The first-order valence-electron chi connectivity index (χ1n) is 6.80. The molecule has 1 saturated heterocycles. The number of anilines is 1. The summed E-state index contributed by atoms with van der Waals surface area (Å²) in [5.74, 6) is 0.894. The molecule has 1 aromatic heterocycles. The van der Waals surface area contributed by atoms with Crippen LogP contribution < -0.4 is 5.32 Å². The van der Waals surface area contributed by atoms with Crippen LogP contribution in [0.4, 0.5) is 5.69 Å². The second kappa shape index (κ2) is 6.50. The summed E-state index contributed by atoms with van der Waals surface area (Å²) in [7, 11) is 0. The fourth-order valence-corrected chi connectivity index (χ4v) is 3.69. The average Bonchev–Trinajstić information content (AvgIpc) is 3.09. The highest BCUT2D eigenvalue weighted by Gasteiger charge is 2.22. The van der Waals surface area contributed by atoms with Gasteiger partial charge < -0.3 is 10.2 Å². The van der Waals surface area contributed by atoms with Crippen molar-refractivity contribution in [2.45, 2.75) is 6.92 Å². The van der Waals surface area contributed by atoms with Gasteiger partial charge >= 0.3 is 0 Å². The van der Waals surface area contributed by atoms with Crippen molar-refractivity contribution < 1.29 is 9.59 Å². The third kappa shape index (κ3) is 3.48. The number of nitrogens with one attached hydrogen (secondary N) is 1. The van der Waals surface area contributed by atoms with Gasteiger partial charge in [-0.2, -0.15) is 0 Å². The Morgan fingerprint density at radius 1 is 1.45 bits per heavy atom. The van der Waals surface area contributed by atoms with Gasteiger partial charge in [-0.25, -0.2) is 4.98 Å². The Kier molecular flexibility index (Phi) is 4.44. The van der Waals surface area contributed by atoms with Crippen LogP contribution in [0.5, 0.6) is 0 Å². The third-order valence-corrected chi connectivity index (χ3v) is 4.94. The van der Waals surface area contributed by atoms with Crippen molar-refractivity contribution in [3.63, 3.8) is 0 Å². The van der Waals surface area contributed by atoms with Crippen molar-refractivity contribution in [1.82, 2.24) is 9.88 Å². The molecule has 5 nitrogen and oxygen atoms in total. The monoisotopic (exact) mass is 333 g/mol. The maximum absolute atomic E-state index is 12.0. The van der Waals surface area contributed by atoms with Crippen molar-refractivity contribution in [2.24, 2.45) is 0 Å². The number of aromatic nitrogens is 1. The molecule has 2 heterocycles. The lowest BCUT2D eigenvalue weighted by molar-refractivity contribution is -0.130. The number of thioether (sulfide) groups is 1. The van der Waals surface area contributed by atoms with E-state index in [9.17, 15) is 9.59 Å². The number of hydrogen-bond donors (Lipinski definition) is 1. The van der Waals surface area contributed by atoms with E-state index in [1.165, 1.54) is 11.8 Å². The van der Waals surface area contributed by atoms with Crippen molar-refractivity contribution in [1.29, 1.82) is 0 Å². The molecule has 0 saturated carbocycles. The molecule has 22 heavy (non-hydrogen) atoms. The fraction of sp³-hybridized carbons (Fsp3) is 0.267. The number of rotatable bonds is 4. The molecular weight excluding hydrogens is 318 g/mol. The average molecular weight is 333 g/mol. The Hall–Kier alpha value is -1.86. The van der Waals surface area contributed by atoms with Crippen LogP contribution in [-0.2, 0) is 9.59 Å². The van der Waals surface area contributed by atoms with Gasteiger partial charge in [-0.05, 0) is 19.1 Å². The largest absolute Gasteiger partial charge is 0.325 e. The van der Waals surface area contributed by atoms with Gasteiger partial charge in [0.15, 0.2) is 0 Å². The van der Waals surface area contributed by atoms with Crippen LogP contribution in [0.3, 0.4) is 0 Å². The van der Waals surface area contributed by atoms with Gasteiger partial charge in [0.05, 0.1) is 22.3 Å². The van der Waals surface area contributed by atoms with Crippen LogP contribution in [0.25, 0.3) is 11.3 Å². The Morgan fingerprint density at radius 2 is 2.32 bits per heavy atom. The molecule has 0 spiro atoms. The van der Waals surface area contributed by atoms with E-state index in [0.717, 1.165) is 16.3 Å². The Bertz CT molecular complexity index is 714. The summed E-state index contributed by atoms with van der Waals surface area (Å²) in [5, 5.41) is 5.85. The smallest absolute Gasteiger partial charge is 0.244 e. The molecule has 7 heteroatoms. The highest BCUT2D eigenvalue weighted by molar-refractivity contribution is 8.00. The standard InChI is InChI=1S/C15H15N3O2S2/c1-10-16-13(7-22-10)11-3-2-4-12(5-11)17-14(19)6-18-9-21-8-15(18)20/h2-5,7H,6,8-9H2,1H3,(H,17,19). The van der Waals surface area contributed by atoms with Gasteiger partial charge in [-0.15, -0.1) is 23.1 Å². The van der Waals surface area contributed by atoms with Crippen molar-refractivity contribution >= 4 is 40.6 Å². The summed E-state index contributed by atoms with van der Waals surface area (Å²) < 4.78 is 0. The number of benzene rings is 1. The molecule has 2 aromatic rings. The van der Waals surface area contributed by atoms with Gasteiger partial charge in [0, 0.05) is 16.6 Å². The predicted molar refractivity (Wildman–Crippen MR) is 90.0 cm³/mol. The maximum Gasteiger partial charge on any atom is 0.244 e. The minimum absolute atomic E-state index is 0.0202. The van der Waals surface area contributed by atoms with E-state index >= 15 is 0 Å². The number of aryl methyl sites for hydroxylation is 1. The molecule has 3 rings (SSSR count). The SMILES string of the molecule is Cc1nc(-c2cccc(NC(=O)CN3CSCC3=O)c2)cs1. The number of amides is 2. The molecular formula is C15H15N3O2S2. The number of nitrogens with zero attached hydrogens (tertiary/aromatic N) is 2. The molecule has 1 N–H and O–H groups in total. The number of hydrogen-bond acceptors (Lipinski definition) is 5. The molecule has 1 aliphatic rings. The van der Waals surface area contributed by atoms with Crippen molar-refractivity contribution in [3.8, 4) is 11.3 Å². The fourth-order valence-electron chi connectivity index (χ4n) is 2.17. The number of thiazole rings is 1. The first kappa shape index (κ1) is 15.1. The van der Waals surface area contributed by atoms with Crippen molar-refractivity contribution in [3.05, 3.63) is 34.7 Å². The summed E-state index contributed by atoms with van der Waals surface area (Å²) >= 11 is 3.13. The van der Waals surface area contributed by atoms with E-state index in [4.69, 9.17) is 0 Å². The van der Waals surface area contributed by atoms with E-state index in [1.807, 2.05) is 36.6 Å². The number of carbonyl (C=O) groups excluding carboxylic acids is 2. The van der Waals surface area contributed by atoms with Gasteiger partial charge in [0.25, 0.3) is 0 Å². The summed E-state index contributed by atoms with van der Waals surface area (Å²) in [5.41, 5.74) is 2.59. The van der Waals surface area contributed by atoms with E-state index in [2.05, 4.69) is 10.3 Å². The Balaban J connectivity index is 1.67. The van der Waals surface area contributed by atoms with E-state index < -0.39 is 0 Å². The second-order valence-electron chi connectivity index (χ2n) is 4.95. The zero-order valence-electron chi connectivity index (χ0n) is 12.0. The lowest BCUT2D eigenvalue weighted by atomic mass is 10.1. The zero-order valence-corrected chi connectivity index (χ0v) is 13.7. The normalized spacial score (nSPS) is 14.4. The molecule has 0 unspecified atom stereocenters. The second-order valence-corrected chi connectivity index (χ2v) is 6.97. The first-order valence-corrected chi connectivity index (χ1v) is 8.83. The van der Waals surface area contributed by atoms with Crippen LogP contribution in [0, 0.1) is 6.92 Å². The molecule has 0 bridgehead atoms. The first-order chi connectivity index (χ1) is 10.6. The molecule has 1 aliphatic heterocycles. The highest BCUT2D eigenvalue weighted by Crippen LogP contribution is 2.24. The van der Waals surface area contributed by atoms with E-state index in [-0.39, 0.29) is 18.4 Å². The van der Waals surface area contributed by atoms with Crippen LogP contribution in [-0.4, -0.2) is 39.9 Å². The zero-order chi connectivity index (χ0) is 15.5. The molecule has 1 fully saturated rings. The Morgan fingerprint density at radius 3 is 3.00 bits per heavy atom. The van der Waals surface area contributed by atoms with E-state index in [0.29, 0.717) is 17.3 Å². The topological polar surface area (TPSA) is 62.3 Å². The minimum atomic E-state index is -0.178. The summed E-state index contributed by atoms with van der Waals surface area (Å²) in [4.78, 5) is 29.6. The minimum Gasteiger partial charge on any atom is -0.325 e. The highest BCUT2D eigenvalue weighted by atomic mass is 32.2. The van der Waals surface area contributed by atoms with Gasteiger partial charge in [-0.3, -0.25) is 9.59 Å². The maximum atomic E-state index is 12.0. The van der Waals surface area contributed by atoms with E-state index in [1.54, 1.807) is 16.2 Å². The Labute approximate surface area is 136 Å². The summed E-state index contributed by atoms with van der Waals surface area (Å²) in [6.07, 6.45) is 0. The summed E-state index contributed by atoms with van der Waals surface area (Å²) in [6, 6.07) is 7.58. The van der Waals surface area contributed by atoms with Crippen molar-refractivity contribution in [2.75, 3.05) is 23.5 Å². The van der Waals surface area contributed by atoms with Crippen LogP contribution >= 0.6 is 23.1 Å².